The van der Waals surface area contributed by atoms with Crippen molar-refractivity contribution < 1.29 is 13.2 Å². The van der Waals surface area contributed by atoms with E-state index in [4.69, 9.17) is 0 Å². The monoisotopic (exact) mass is 336 g/mol. The number of fused-ring (bicyclic) bond motifs is 1. The lowest BCUT2D eigenvalue weighted by Gasteiger charge is -2.15. The largest absolute Gasteiger partial charge is 0.433 e. The molecule has 0 bridgehead atoms. The number of hydrogen-bond donors (Lipinski definition) is 1. The molecule has 1 aliphatic heterocycles. The van der Waals surface area contributed by atoms with Gasteiger partial charge in [-0.05, 0) is 18.2 Å². The Morgan fingerprint density at radius 3 is 2.12 bits per heavy atom. The lowest BCUT2D eigenvalue weighted by Crippen LogP contribution is -2.21. The van der Waals surface area contributed by atoms with Crippen LogP contribution in [0.25, 0.3) is 6.08 Å². The highest BCUT2D eigenvalue weighted by Gasteiger charge is 2.37. The van der Waals surface area contributed by atoms with Crippen LogP contribution in [-0.4, -0.2) is 23.9 Å². The average molecular weight is 336 g/mol. The fraction of sp³-hybridized carbons (Fsp3) is 0.250. The number of anilines is 2. The molecular formula is C16H15F3N4O. The van der Waals surface area contributed by atoms with E-state index in [1.807, 2.05) is 29.4 Å². The van der Waals surface area contributed by atoms with Gasteiger partial charge in [0.2, 0.25) is 0 Å². The Balaban J connectivity index is 2.13. The number of nitrogens with one attached hydrogen (secondary N) is 1. The number of rotatable bonds is 1. The third kappa shape index (κ3) is 2.41. The first-order valence-corrected chi connectivity index (χ1v) is 7.11. The Bertz CT molecular complexity index is 885. The molecule has 1 N–H and O–H groups in total. The number of halogens is 3. The quantitative estimate of drug-likeness (QED) is 0.815. The molecule has 2 aromatic rings. The molecule has 1 aliphatic rings. The summed E-state index contributed by atoms with van der Waals surface area (Å²) < 4.78 is 40.0. The molecule has 0 radical (unpaired) electrons. The summed E-state index contributed by atoms with van der Waals surface area (Å²) in [7, 11) is 4.82. The number of benzene rings is 1. The molecule has 2 heterocycles. The normalized spacial score (nSPS) is 14.0. The van der Waals surface area contributed by atoms with Gasteiger partial charge in [0.15, 0.2) is 5.82 Å². The zero-order valence-corrected chi connectivity index (χ0v) is 13.3. The van der Waals surface area contributed by atoms with Crippen LogP contribution in [0, 0.1) is 0 Å². The van der Waals surface area contributed by atoms with Crippen LogP contribution >= 0.6 is 0 Å². The van der Waals surface area contributed by atoms with Crippen LogP contribution in [0.1, 0.15) is 11.3 Å². The second kappa shape index (κ2) is 5.35. The number of alkyl halides is 3. The summed E-state index contributed by atoms with van der Waals surface area (Å²) in [5.41, 5.74) is 2.35. The van der Waals surface area contributed by atoms with E-state index >= 15 is 0 Å². The molecule has 5 nitrogen and oxygen atoms in total. The van der Waals surface area contributed by atoms with Gasteiger partial charge in [0.05, 0.1) is 16.9 Å². The molecule has 0 fully saturated rings. The van der Waals surface area contributed by atoms with Crippen LogP contribution < -0.4 is 15.4 Å². The van der Waals surface area contributed by atoms with E-state index in [9.17, 15) is 18.0 Å². The van der Waals surface area contributed by atoms with Crippen molar-refractivity contribution in [1.29, 1.82) is 0 Å². The van der Waals surface area contributed by atoms with Crippen LogP contribution in [0.15, 0.2) is 40.6 Å². The van der Waals surface area contributed by atoms with Crippen molar-refractivity contribution in [2.24, 2.45) is 7.05 Å². The third-order valence-electron chi connectivity index (χ3n) is 3.95. The minimum Gasteiger partial charge on any atom is -0.322 e. The number of aromatic amines is 1. The maximum absolute atomic E-state index is 13.1. The molecule has 126 valence electrons. The summed E-state index contributed by atoms with van der Waals surface area (Å²) in [4.78, 5) is 15.5. The molecular weight excluding hydrogens is 321 g/mol. The summed E-state index contributed by atoms with van der Waals surface area (Å²) >= 11 is 0. The van der Waals surface area contributed by atoms with Crippen LogP contribution in [0.2, 0.25) is 0 Å². The topological polar surface area (TPSA) is 44.3 Å². The highest BCUT2D eigenvalue weighted by molar-refractivity contribution is 5.82. The van der Waals surface area contributed by atoms with Crippen molar-refractivity contribution in [3.05, 3.63) is 57.4 Å². The first-order valence-electron chi connectivity index (χ1n) is 7.11. The van der Waals surface area contributed by atoms with Gasteiger partial charge in [0.1, 0.15) is 5.69 Å². The number of H-pyrrole nitrogens is 1. The summed E-state index contributed by atoms with van der Waals surface area (Å²) in [6.07, 6.45) is -3.56. The van der Waals surface area contributed by atoms with E-state index in [1.54, 1.807) is 23.9 Å². The van der Waals surface area contributed by atoms with Crippen LogP contribution in [0.5, 0.6) is 0 Å². The Morgan fingerprint density at radius 1 is 1.08 bits per heavy atom. The molecule has 0 amide bonds. The van der Waals surface area contributed by atoms with Gasteiger partial charge in [-0.1, -0.05) is 17.9 Å². The van der Waals surface area contributed by atoms with Gasteiger partial charge in [-0.2, -0.15) is 13.2 Å². The fourth-order valence-electron chi connectivity index (χ4n) is 2.73. The Labute approximate surface area is 135 Å². The molecule has 0 aliphatic carbocycles. The van der Waals surface area contributed by atoms with Gasteiger partial charge in [-0.25, -0.2) is 0 Å². The van der Waals surface area contributed by atoms with Crippen molar-refractivity contribution in [3.8, 4) is 0 Å². The maximum atomic E-state index is 13.1. The average Bonchev–Trinajstić information content (AvgIpc) is 2.94. The second-order valence-corrected chi connectivity index (χ2v) is 5.48. The molecule has 1 aromatic carbocycles. The van der Waals surface area contributed by atoms with Gasteiger partial charge in [-0.15, -0.1) is 0 Å². The Kier molecular flexibility index (Phi) is 3.57. The zero-order chi connectivity index (χ0) is 17.6. The molecule has 0 saturated heterocycles. The lowest BCUT2D eigenvalue weighted by atomic mass is 10.2. The van der Waals surface area contributed by atoms with Crippen molar-refractivity contribution in [2.45, 2.75) is 6.18 Å². The van der Waals surface area contributed by atoms with Crippen LogP contribution in [-0.2, 0) is 13.2 Å². The van der Waals surface area contributed by atoms with Gasteiger partial charge in [-0.3, -0.25) is 14.6 Å². The highest BCUT2D eigenvalue weighted by Crippen LogP contribution is 2.38. The van der Waals surface area contributed by atoms with Gasteiger partial charge >= 0.3 is 6.18 Å². The minimum absolute atomic E-state index is 0.463. The number of para-hydroxylation sites is 2. The first-order chi connectivity index (χ1) is 11.2. The van der Waals surface area contributed by atoms with E-state index in [0.717, 1.165) is 22.1 Å². The first kappa shape index (κ1) is 16.0. The minimum atomic E-state index is -4.64. The standard InChI is InChI=1S/C16H15F3N4O/c1-21-11-6-4-5-7-12(11)22(2)13(21)9-8-10-14(16(17,18)19)20-23(3)15(10)24/h4-8,20H,1-3H3. The third-order valence-corrected chi connectivity index (χ3v) is 3.95. The number of hydrogen-bond acceptors (Lipinski definition) is 3. The molecule has 3 rings (SSSR count). The van der Waals surface area contributed by atoms with E-state index in [0.29, 0.717) is 5.82 Å². The smallest absolute Gasteiger partial charge is 0.322 e. The summed E-state index contributed by atoms with van der Waals surface area (Å²) in [5.74, 6) is 0.549. The number of aromatic nitrogens is 2. The van der Waals surface area contributed by atoms with Crippen molar-refractivity contribution in [2.75, 3.05) is 23.9 Å². The van der Waals surface area contributed by atoms with E-state index in [-0.39, 0.29) is 0 Å². The lowest BCUT2D eigenvalue weighted by molar-refractivity contribution is -0.141. The number of aryl methyl sites for hydroxylation is 1. The molecule has 24 heavy (non-hydrogen) atoms. The predicted octanol–water partition coefficient (Wildman–Crippen LogP) is 2.77. The molecule has 1 aromatic heterocycles. The number of nitrogens with zero attached hydrogens (tertiary/aromatic N) is 3. The highest BCUT2D eigenvalue weighted by atomic mass is 19.4. The van der Waals surface area contributed by atoms with Gasteiger partial charge < -0.3 is 9.80 Å². The molecule has 0 atom stereocenters. The summed E-state index contributed by atoms with van der Waals surface area (Å²) in [6.45, 7) is 0. The molecule has 0 spiro atoms. The van der Waals surface area contributed by atoms with Crippen molar-refractivity contribution in [3.63, 3.8) is 0 Å². The second-order valence-electron chi connectivity index (χ2n) is 5.48. The summed E-state index contributed by atoms with van der Waals surface area (Å²) in [6, 6.07) is 7.55. The predicted molar refractivity (Wildman–Crippen MR) is 85.8 cm³/mol. The van der Waals surface area contributed by atoms with E-state index < -0.39 is 23.0 Å². The van der Waals surface area contributed by atoms with Gasteiger partial charge in [0.25, 0.3) is 5.56 Å². The van der Waals surface area contributed by atoms with Crippen molar-refractivity contribution >= 4 is 17.5 Å². The maximum Gasteiger partial charge on any atom is 0.433 e. The van der Waals surface area contributed by atoms with E-state index in [2.05, 4.69) is 5.73 Å². The van der Waals surface area contributed by atoms with Gasteiger partial charge in [0, 0.05) is 21.1 Å². The van der Waals surface area contributed by atoms with Crippen molar-refractivity contribution in [1.82, 2.24) is 9.78 Å². The van der Waals surface area contributed by atoms with Crippen LogP contribution in [0.3, 0.4) is 0 Å². The molecule has 0 saturated carbocycles. The fourth-order valence-corrected chi connectivity index (χ4v) is 2.73. The Morgan fingerprint density at radius 2 is 1.62 bits per heavy atom. The Hall–Kier alpha value is -2.86. The van der Waals surface area contributed by atoms with Crippen LogP contribution in [0.4, 0.5) is 24.5 Å². The molecule has 0 unspecified atom stereocenters. The summed E-state index contributed by atoms with van der Waals surface area (Å²) in [5, 5.41) is 2.04. The van der Waals surface area contributed by atoms with E-state index in [1.165, 1.54) is 7.05 Å². The SMILES string of the molecule is CN1C(=C=Cc2c(C(F)(F)F)[nH]n(C)c2=O)N(C)c2ccccc21. The zero-order valence-electron chi connectivity index (χ0n) is 13.3. The molecule has 8 heteroatoms.